The quantitative estimate of drug-likeness (QED) is 0.793. The zero-order valence-electron chi connectivity index (χ0n) is 9.16. The first-order chi connectivity index (χ1) is 7.13. The third-order valence-electron chi connectivity index (χ3n) is 2.36. The van der Waals surface area contributed by atoms with E-state index >= 15 is 0 Å². The summed E-state index contributed by atoms with van der Waals surface area (Å²) in [4.78, 5) is 15.4. The van der Waals surface area contributed by atoms with Gasteiger partial charge in [-0.2, -0.15) is 0 Å². The number of carbonyl (C=O) groups excluding carboxylic acids is 1. The Morgan fingerprint density at radius 1 is 1.67 bits per heavy atom. The van der Waals surface area contributed by atoms with Crippen molar-refractivity contribution in [3.63, 3.8) is 0 Å². The Morgan fingerprint density at radius 3 is 3.00 bits per heavy atom. The van der Waals surface area contributed by atoms with Gasteiger partial charge in [0.15, 0.2) is 0 Å². The van der Waals surface area contributed by atoms with E-state index in [0.717, 1.165) is 6.42 Å². The van der Waals surface area contributed by atoms with Gasteiger partial charge in [-0.25, -0.2) is 0 Å². The second-order valence-electron chi connectivity index (χ2n) is 3.73. The van der Waals surface area contributed by atoms with Crippen molar-refractivity contribution in [2.75, 3.05) is 11.1 Å². The van der Waals surface area contributed by atoms with Gasteiger partial charge in [0.1, 0.15) is 0 Å². The van der Waals surface area contributed by atoms with Gasteiger partial charge < -0.3 is 11.1 Å². The van der Waals surface area contributed by atoms with Crippen molar-refractivity contribution in [2.45, 2.75) is 26.7 Å². The molecule has 1 aromatic rings. The molecule has 15 heavy (non-hydrogen) atoms. The Hall–Kier alpha value is -1.58. The van der Waals surface area contributed by atoms with E-state index in [2.05, 4.69) is 24.1 Å². The van der Waals surface area contributed by atoms with Crippen LogP contribution in [0.2, 0.25) is 0 Å². The largest absolute Gasteiger partial charge is 0.396 e. The molecule has 1 atom stereocenters. The number of amides is 1. The van der Waals surface area contributed by atoms with E-state index in [1.54, 1.807) is 12.3 Å². The van der Waals surface area contributed by atoms with Crippen LogP contribution < -0.4 is 11.1 Å². The van der Waals surface area contributed by atoms with Gasteiger partial charge in [0.25, 0.3) is 0 Å². The number of carbonyl (C=O) groups is 1. The minimum atomic E-state index is 0.00208. The third-order valence-corrected chi connectivity index (χ3v) is 2.36. The first kappa shape index (κ1) is 11.5. The monoisotopic (exact) mass is 207 g/mol. The molecule has 1 rings (SSSR count). The minimum Gasteiger partial charge on any atom is -0.396 e. The molecule has 0 bridgehead atoms. The standard InChI is InChI=1S/C11H17N3O/c1-3-8(2)6-11(15)14-10-4-5-13-7-9(10)12/h4-5,7-8H,3,6,12H2,1-2H3,(H,13,14,15). The van der Waals surface area contributed by atoms with E-state index in [1.165, 1.54) is 6.20 Å². The predicted molar refractivity (Wildman–Crippen MR) is 61.4 cm³/mol. The SMILES string of the molecule is CCC(C)CC(=O)Nc1ccncc1N. The summed E-state index contributed by atoms with van der Waals surface area (Å²) in [6, 6.07) is 1.70. The number of pyridine rings is 1. The zero-order valence-corrected chi connectivity index (χ0v) is 9.16. The molecule has 1 amide bonds. The second kappa shape index (κ2) is 5.34. The van der Waals surface area contributed by atoms with Gasteiger partial charge in [-0.15, -0.1) is 0 Å². The molecule has 1 heterocycles. The normalized spacial score (nSPS) is 12.1. The van der Waals surface area contributed by atoms with E-state index < -0.39 is 0 Å². The molecule has 82 valence electrons. The number of hydrogen-bond acceptors (Lipinski definition) is 3. The lowest BCUT2D eigenvalue weighted by Gasteiger charge is -2.10. The summed E-state index contributed by atoms with van der Waals surface area (Å²) >= 11 is 0. The fourth-order valence-electron chi connectivity index (χ4n) is 1.18. The van der Waals surface area contributed by atoms with Crippen LogP contribution in [-0.2, 0) is 4.79 Å². The van der Waals surface area contributed by atoms with Crippen molar-refractivity contribution in [3.05, 3.63) is 18.5 Å². The van der Waals surface area contributed by atoms with E-state index in [9.17, 15) is 4.79 Å². The molecular formula is C11H17N3O. The highest BCUT2D eigenvalue weighted by molar-refractivity contribution is 5.93. The molecule has 3 N–H and O–H groups in total. The third kappa shape index (κ3) is 3.58. The fourth-order valence-corrected chi connectivity index (χ4v) is 1.18. The van der Waals surface area contributed by atoms with Crippen LogP contribution in [0.15, 0.2) is 18.5 Å². The molecule has 0 spiro atoms. The maximum absolute atomic E-state index is 11.5. The van der Waals surface area contributed by atoms with Crippen LogP contribution in [0.1, 0.15) is 26.7 Å². The van der Waals surface area contributed by atoms with Gasteiger partial charge in [0, 0.05) is 12.6 Å². The van der Waals surface area contributed by atoms with Crippen LogP contribution in [0.25, 0.3) is 0 Å². The van der Waals surface area contributed by atoms with Crippen LogP contribution in [0.5, 0.6) is 0 Å². The van der Waals surface area contributed by atoms with Crippen LogP contribution in [-0.4, -0.2) is 10.9 Å². The number of nitrogens with zero attached hydrogens (tertiary/aromatic N) is 1. The van der Waals surface area contributed by atoms with Crippen LogP contribution in [0, 0.1) is 5.92 Å². The molecular weight excluding hydrogens is 190 g/mol. The number of nitrogens with two attached hydrogens (primary N) is 1. The Bertz CT molecular complexity index is 338. The highest BCUT2D eigenvalue weighted by Gasteiger charge is 2.08. The lowest BCUT2D eigenvalue weighted by molar-refractivity contribution is -0.117. The summed E-state index contributed by atoms with van der Waals surface area (Å²) in [6.07, 6.45) is 4.66. The average Bonchev–Trinajstić information content (AvgIpc) is 2.21. The Labute approximate surface area is 89.9 Å². The van der Waals surface area contributed by atoms with E-state index in [0.29, 0.717) is 23.7 Å². The molecule has 4 heteroatoms. The molecule has 1 aromatic heterocycles. The lowest BCUT2D eigenvalue weighted by Crippen LogP contribution is -2.15. The summed E-state index contributed by atoms with van der Waals surface area (Å²) < 4.78 is 0. The number of anilines is 2. The maximum atomic E-state index is 11.5. The molecule has 0 saturated heterocycles. The molecule has 0 radical (unpaired) electrons. The molecule has 0 saturated carbocycles. The molecule has 0 aromatic carbocycles. The lowest BCUT2D eigenvalue weighted by atomic mass is 10.1. The Morgan fingerprint density at radius 2 is 2.40 bits per heavy atom. The number of nitrogens with one attached hydrogen (secondary N) is 1. The van der Waals surface area contributed by atoms with Gasteiger partial charge in [0.05, 0.1) is 17.6 Å². The van der Waals surface area contributed by atoms with Gasteiger partial charge in [-0.05, 0) is 12.0 Å². The summed E-state index contributed by atoms with van der Waals surface area (Å²) in [6.45, 7) is 4.12. The number of rotatable bonds is 4. The van der Waals surface area contributed by atoms with Crippen molar-refractivity contribution in [1.82, 2.24) is 4.98 Å². The van der Waals surface area contributed by atoms with Crippen LogP contribution in [0.4, 0.5) is 11.4 Å². The Kier molecular flexibility index (Phi) is 4.09. The molecule has 0 aliphatic rings. The topological polar surface area (TPSA) is 68.0 Å². The molecule has 0 aliphatic carbocycles. The fraction of sp³-hybridized carbons (Fsp3) is 0.455. The van der Waals surface area contributed by atoms with Gasteiger partial charge in [-0.3, -0.25) is 9.78 Å². The first-order valence-corrected chi connectivity index (χ1v) is 5.12. The van der Waals surface area contributed by atoms with E-state index in [4.69, 9.17) is 5.73 Å². The maximum Gasteiger partial charge on any atom is 0.224 e. The minimum absolute atomic E-state index is 0.00208. The number of aromatic nitrogens is 1. The first-order valence-electron chi connectivity index (χ1n) is 5.12. The van der Waals surface area contributed by atoms with Crippen molar-refractivity contribution >= 4 is 17.3 Å². The van der Waals surface area contributed by atoms with Gasteiger partial charge in [-0.1, -0.05) is 20.3 Å². The number of hydrogen-bond donors (Lipinski definition) is 2. The van der Waals surface area contributed by atoms with Crippen molar-refractivity contribution in [3.8, 4) is 0 Å². The van der Waals surface area contributed by atoms with Gasteiger partial charge >= 0.3 is 0 Å². The Balaban J connectivity index is 2.55. The van der Waals surface area contributed by atoms with Crippen LogP contribution >= 0.6 is 0 Å². The predicted octanol–water partition coefficient (Wildman–Crippen LogP) is 2.04. The van der Waals surface area contributed by atoms with E-state index in [-0.39, 0.29) is 5.91 Å². The van der Waals surface area contributed by atoms with E-state index in [1.807, 2.05) is 0 Å². The molecule has 0 fully saturated rings. The summed E-state index contributed by atoms with van der Waals surface area (Å²) in [7, 11) is 0. The smallest absolute Gasteiger partial charge is 0.224 e. The van der Waals surface area contributed by atoms with Gasteiger partial charge in [0.2, 0.25) is 5.91 Å². The van der Waals surface area contributed by atoms with Crippen molar-refractivity contribution in [2.24, 2.45) is 5.92 Å². The second-order valence-corrected chi connectivity index (χ2v) is 3.73. The summed E-state index contributed by atoms with van der Waals surface area (Å²) in [5, 5.41) is 2.77. The highest BCUT2D eigenvalue weighted by atomic mass is 16.1. The van der Waals surface area contributed by atoms with Crippen molar-refractivity contribution in [1.29, 1.82) is 0 Å². The summed E-state index contributed by atoms with van der Waals surface area (Å²) in [5.74, 6) is 0.398. The van der Waals surface area contributed by atoms with Crippen LogP contribution in [0.3, 0.4) is 0 Å². The molecule has 0 aliphatic heterocycles. The highest BCUT2D eigenvalue weighted by Crippen LogP contribution is 2.16. The summed E-state index contributed by atoms with van der Waals surface area (Å²) in [5.41, 5.74) is 6.79. The molecule has 4 nitrogen and oxygen atoms in total. The number of nitrogen functional groups attached to an aromatic ring is 1. The molecule has 1 unspecified atom stereocenters. The average molecular weight is 207 g/mol. The van der Waals surface area contributed by atoms with Crippen molar-refractivity contribution < 1.29 is 4.79 Å². The zero-order chi connectivity index (χ0) is 11.3.